The number of pyridine rings is 1. The van der Waals surface area contributed by atoms with Gasteiger partial charge in [-0.1, -0.05) is 33.8 Å². The summed E-state index contributed by atoms with van der Waals surface area (Å²) in [6.45, 7) is 13.2. The Morgan fingerprint density at radius 3 is 2.47 bits per heavy atom. The third-order valence-corrected chi connectivity index (χ3v) is 3.73. The lowest BCUT2D eigenvalue weighted by Gasteiger charge is -2.35. The average molecular weight is 263 g/mol. The maximum Gasteiger partial charge on any atom is 0.125 e. The predicted molar refractivity (Wildman–Crippen MR) is 83.4 cm³/mol. The van der Waals surface area contributed by atoms with Crippen LogP contribution in [0.1, 0.15) is 46.6 Å². The Bertz CT molecular complexity index is 365. The zero-order valence-electron chi connectivity index (χ0n) is 13.3. The van der Waals surface area contributed by atoms with Gasteiger partial charge in [0.1, 0.15) is 5.82 Å². The van der Waals surface area contributed by atoms with Crippen LogP contribution in [0.2, 0.25) is 0 Å². The second-order valence-corrected chi connectivity index (χ2v) is 6.44. The minimum absolute atomic E-state index is 0.296. The zero-order chi connectivity index (χ0) is 14.5. The molecule has 0 bridgehead atoms. The normalized spacial score (nSPS) is 13.6. The van der Waals surface area contributed by atoms with Crippen molar-refractivity contribution in [3.63, 3.8) is 0 Å². The predicted octanol–water partition coefficient (Wildman–Crippen LogP) is 3.77. The Morgan fingerprint density at radius 2 is 2.00 bits per heavy atom. The van der Waals surface area contributed by atoms with Crippen LogP contribution in [-0.2, 0) is 6.54 Å². The molecule has 0 fully saturated rings. The molecule has 1 unspecified atom stereocenters. The first-order valence-corrected chi connectivity index (χ1v) is 7.23. The van der Waals surface area contributed by atoms with Gasteiger partial charge in [0.25, 0.3) is 0 Å². The number of hydrogen-bond acceptors (Lipinski definition) is 3. The summed E-state index contributed by atoms with van der Waals surface area (Å²) in [5.74, 6) is 0.970. The van der Waals surface area contributed by atoms with Crippen molar-refractivity contribution < 1.29 is 0 Å². The van der Waals surface area contributed by atoms with Gasteiger partial charge in [0, 0.05) is 25.3 Å². The van der Waals surface area contributed by atoms with Gasteiger partial charge in [-0.3, -0.25) is 4.90 Å². The number of aromatic nitrogens is 1. The standard InChI is InChI=1S/C16H29N3/c1-7-10-17-15-9-8-14(11-18-15)12-19(6)13(2)16(3,4)5/h8-9,11,13H,7,10,12H2,1-6H3,(H,17,18). The lowest BCUT2D eigenvalue weighted by Crippen LogP contribution is -2.38. The van der Waals surface area contributed by atoms with E-state index in [4.69, 9.17) is 0 Å². The van der Waals surface area contributed by atoms with Crippen molar-refractivity contribution >= 4 is 5.82 Å². The third kappa shape index (κ3) is 5.19. The van der Waals surface area contributed by atoms with E-state index in [0.717, 1.165) is 25.3 Å². The van der Waals surface area contributed by atoms with E-state index in [-0.39, 0.29) is 0 Å². The van der Waals surface area contributed by atoms with Crippen LogP contribution in [0.5, 0.6) is 0 Å². The monoisotopic (exact) mass is 263 g/mol. The van der Waals surface area contributed by atoms with Crippen LogP contribution in [0.25, 0.3) is 0 Å². The summed E-state index contributed by atoms with van der Waals surface area (Å²) in [4.78, 5) is 6.84. The summed E-state index contributed by atoms with van der Waals surface area (Å²) in [5.41, 5.74) is 1.56. The second kappa shape index (κ2) is 6.90. The van der Waals surface area contributed by atoms with Crippen molar-refractivity contribution in [3.05, 3.63) is 23.9 Å². The molecule has 0 radical (unpaired) electrons. The van der Waals surface area contributed by atoms with E-state index in [1.807, 2.05) is 6.20 Å². The molecule has 1 atom stereocenters. The first kappa shape index (κ1) is 16.0. The van der Waals surface area contributed by atoms with Gasteiger partial charge in [-0.05, 0) is 37.4 Å². The lowest BCUT2D eigenvalue weighted by molar-refractivity contribution is 0.134. The maximum absolute atomic E-state index is 4.45. The topological polar surface area (TPSA) is 28.2 Å². The maximum atomic E-state index is 4.45. The van der Waals surface area contributed by atoms with Gasteiger partial charge < -0.3 is 5.32 Å². The Kier molecular flexibility index (Phi) is 5.80. The molecule has 3 heteroatoms. The van der Waals surface area contributed by atoms with Crippen LogP contribution in [0.15, 0.2) is 18.3 Å². The molecule has 1 N–H and O–H groups in total. The molecule has 1 rings (SSSR count). The smallest absolute Gasteiger partial charge is 0.125 e. The van der Waals surface area contributed by atoms with Gasteiger partial charge in [0.15, 0.2) is 0 Å². The van der Waals surface area contributed by atoms with Crippen LogP contribution < -0.4 is 5.32 Å². The SMILES string of the molecule is CCCNc1ccc(CN(C)C(C)C(C)(C)C)cn1. The average Bonchev–Trinajstić information content (AvgIpc) is 2.36. The molecular formula is C16H29N3. The first-order chi connectivity index (χ1) is 8.84. The van der Waals surface area contributed by atoms with Crippen LogP contribution in [0.3, 0.4) is 0 Å². The third-order valence-electron chi connectivity index (χ3n) is 3.73. The second-order valence-electron chi connectivity index (χ2n) is 6.44. The van der Waals surface area contributed by atoms with Gasteiger partial charge in [0.2, 0.25) is 0 Å². The van der Waals surface area contributed by atoms with Gasteiger partial charge >= 0.3 is 0 Å². The van der Waals surface area contributed by atoms with Crippen LogP contribution in [0, 0.1) is 5.41 Å². The number of hydrogen-bond donors (Lipinski definition) is 1. The largest absolute Gasteiger partial charge is 0.370 e. The van der Waals surface area contributed by atoms with E-state index in [2.05, 4.69) is 69.0 Å². The summed E-state index contributed by atoms with van der Waals surface area (Å²) >= 11 is 0. The highest BCUT2D eigenvalue weighted by molar-refractivity contribution is 5.35. The minimum atomic E-state index is 0.296. The van der Waals surface area contributed by atoms with Crippen molar-refractivity contribution in [2.24, 2.45) is 5.41 Å². The van der Waals surface area contributed by atoms with Gasteiger partial charge in [-0.15, -0.1) is 0 Å². The quantitative estimate of drug-likeness (QED) is 0.847. The lowest BCUT2D eigenvalue weighted by atomic mass is 9.87. The van der Waals surface area contributed by atoms with Crippen LogP contribution in [0.4, 0.5) is 5.82 Å². The van der Waals surface area contributed by atoms with Gasteiger partial charge in [0.05, 0.1) is 0 Å². The van der Waals surface area contributed by atoms with Crippen LogP contribution in [-0.4, -0.2) is 29.5 Å². The van der Waals surface area contributed by atoms with Crippen molar-refractivity contribution in [2.75, 3.05) is 18.9 Å². The summed E-state index contributed by atoms with van der Waals surface area (Å²) in [6, 6.07) is 4.77. The van der Waals surface area contributed by atoms with Crippen LogP contribution >= 0.6 is 0 Å². The van der Waals surface area contributed by atoms with Crippen molar-refractivity contribution in [1.29, 1.82) is 0 Å². The molecule has 0 aromatic carbocycles. The van der Waals surface area contributed by atoms with E-state index in [1.54, 1.807) is 0 Å². The molecular weight excluding hydrogens is 234 g/mol. The summed E-state index contributed by atoms with van der Waals surface area (Å²) in [7, 11) is 2.18. The molecule has 3 nitrogen and oxygen atoms in total. The molecule has 0 aliphatic rings. The van der Waals surface area contributed by atoms with E-state index >= 15 is 0 Å². The van der Waals surface area contributed by atoms with Crippen molar-refractivity contribution in [2.45, 2.75) is 53.6 Å². The number of rotatable bonds is 6. The fraction of sp³-hybridized carbons (Fsp3) is 0.688. The molecule has 0 amide bonds. The molecule has 1 heterocycles. The molecule has 0 saturated heterocycles. The molecule has 0 saturated carbocycles. The Balaban J connectivity index is 2.58. The van der Waals surface area contributed by atoms with Gasteiger partial charge in [-0.2, -0.15) is 0 Å². The fourth-order valence-corrected chi connectivity index (χ4v) is 1.96. The summed E-state index contributed by atoms with van der Waals surface area (Å²) in [6.07, 6.45) is 3.10. The molecule has 0 aliphatic heterocycles. The summed E-state index contributed by atoms with van der Waals surface area (Å²) < 4.78 is 0. The number of nitrogens with zero attached hydrogens (tertiary/aromatic N) is 2. The highest BCUT2D eigenvalue weighted by atomic mass is 15.1. The van der Waals surface area contributed by atoms with E-state index in [1.165, 1.54) is 5.56 Å². The minimum Gasteiger partial charge on any atom is -0.370 e. The summed E-state index contributed by atoms with van der Waals surface area (Å²) in [5, 5.41) is 3.30. The van der Waals surface area contributed by atoms with Crippen molar-refractivity contribution in [3.8, 4) is 0 Å². The van der Waals surface area contributed by atoms with Gasteiger partial charge in [-0.25, -0.2) is 4.98 Å². The number of anilines is 1. The van der Waals surface area contributed by atoms with E-state index < -0.39 is 0 Å². The zero-order valence-corrected chi connectivity index (χ0v) is 13.3. The molecule has 1 aromatic heterocycles. The highest BCUT2D eigenvalue weighted by Gasteiger charge is 2.23. The first-order valence-electron chi connectivity index (χ1n) is 7.23. The molecule has 1 aromatic rings. The Morgan fingerprint density at radius 1 is 1.32 bits per heavy atom. The van der Waals surface area contributed by atoms with E-state index in [9.17, 15) is 0 Å². The fourth-order valence-electron chi connectivity index (χ4n) is 1.96. The molecule has 108 valence electrons. The molecule has 19 heavy (non-hydrogen) atoms. The highest BCUT2D eigenvalue weighted by Crippen LogP contribution is 2.24. The molecule has 0 aliphatic carbocycles. The van der Waals surface area contributed by atoms with E-state index in [0.29, 0.717) is 11.5 Å². The number of nitrogens with one attached hydrogen (secondary N) is 1. The Labute approximate surface area is 118 Å². The molecule has 0 spiro atoms. The Hall–Kier alpha value is -1.09. The van der Waals surface area contributed by atoms with Crippen molar-refractivity contribution in [1.82, 2.24) is 9.88 Å².